The summed E-state index contributed by atoms with van der Waals surface area (Å²) in [5.41, 5.74) is 0. The Morgan fingerprint density at radius 2 is 2.00 bits per heavy atom. The van der Waals surface area contributed by atoms with Crippen molar-refractivity contribution in [2.24, 2.45) is 11.1 Å². The molecule has 0 aromatic heterocycles. The second-order valence-electron chi connectivity index (χ2n) is 2.39. The van der Waals surface area contributed by atoms with Crippen LogP contribution in [0.5, 0.6) is 0 Å². The molecule has 0 atom stereocenters. The number of hydrogen-bond acceptors (Lipinski definition) is 2. The van der Waals surface area contributed by atoms with Crippen molar-refractivity contribution >= 4 is 6.21 Å². The third-order valence-electron chi connectivity index (χ3n) is 1.77. The minimum Gasteiger partial charge on any atom is -0.399 e. The Hall–Kier alpha value is -0.530. The fourth-order valence-corrected chi connectivity index (χ4v) is 0.889. The van der Waals surface area contributed by atoms with E-state index in [1.807, 2.05) is 6.21 Å². The largest absolute Gasteiger partial charge is 0.399 e. The predicted octanol–water partition coefficient (Wildman–Crippen LogP) is 2.44. The van der Waals surface area contributed by atoms with Crippen molar-refractivity contribution in [1.82, 2.24) is 0 Å². The lowest BCUT2D eigenvalue weighted by molar-refractivity contribution is 0.214. The zero-order valence-corrected chi connectivity index (χ0v) is 7.13. The number of oxime groups is 1. The number of hydrogen-bond donors (Lipinski definition) is 0. The second kappa shape index (κ2) is 6.59. The van der Waals surface area contributed by atoms with Gasteiger partial charge in [0.2, 0.25) is 0 Å². The highest BCUT2D eigenvalue weighted by atomic mass is 16.6. The minimum absolute atomic E-state index is 0.777. The van der Waals surface area contributed by atoms with Gasteiger partial charge in [0, 0.05) is 6.21 Å². The molecule has 0 saturated heterocycles. The van der Waals surface area contributed by atoms with Crippen LogP contribution in [0.25, 0.3) is 0 Å². The summed E-state index contributed by atoms with van der Waals surface area (Å²) in [7, 11) is 1.57. The Bertz CT molecular complexity index is 87.3. The maximum absolute atomic E-state index is 4.55. The smallest absolute Gasteiger partial charge is 0.106 e. The summed E-state index contributed by atoms with van der Waals surface area (Å²) in [4.78, 5) is 4.55. The SMILES string of the molecule is CCC(CC)C/C=N/OC. The molecule has 0 N–H and O–H groups in total. The topological polar surface area (TPSA) is 21.6 Å². The van der Waals surface area contributed by atoms with Crippen molar-refractivity contribution < 1.29 is 4.84 Å². The fraction of sp³-hybridized carbons (Fsp3) is 0.875. The van der Waals surface area contributed by atoms with Gasteiger partial charge >= 0.3 is 0 Å². The van der Waals surface area contributed by atoms with Crippen molar-refractivity contribution in [2.45, 2.75) is 33.1 Å². The molecule has 0 aromatic rings. The molecule has 2 heteroatoms. The van der Waals surface area contributed by atoms with Gasteiger partial charge in [-0.3, -0.25) is 0 Å². The van der Waals surface area contributed by atoms with Crippen molar-refractivity contribution in [2.75, 3.05) is 7.11 Å². The van der Waals surface area contributed by atoms with Gasteiger partial charge in [-0.05, 0) is 12.3 Å². The lowest BCUT2D eigenvalue weighted by atomic mass is 10.0. The quantitative estimate of drug-likeness (QED) is 0.428. The van der Waals surface area contributed by atoms with Gasteiger partial charge in [-0.25, -0.2) is 0 Å². The molecule has 0 aromatic carbocycles. The van der Waals surface area contributed by atoms with E-state index >= 15 is 0 Å². The average Bonchev–Trinajstić information content (AvgIpc) is 1.99. The third kappa shape index (κ3) is 4.36. The lowest BCUT2D eigenvalue weighted by Gasteiger charge is -2.06. The molecule has 0 aliphatic heterocycles. The highest BCUT2D eigenvalue weighted by Crippen LogP contribution is 2.09. The fourth-order valence-electron chi connectivity index (χ4n) is 0.889. The van der Waals surface area contributed by atoms with E-state index in [1.165, 1.54) is 12.8 Å². The summed E-state index contributed by atoms with van der Waals surface area (Å²) < 4.78 is 0. The molecule has 2 nitrogen and oxygen atoms in total. The Kier molecular flexibility index (Phi) is 6.24. The van der Waals surface area contributed by atoms with Crippen molar-refractivity contribution in [1.29, 1.82) is 0 Å². The van der Waals surface area contributed by atoms with Crippen LogP contribution < -0.4 is 0 Å². The standard InChI is InChI=1S/C8H17NO/c1-4-8(5-2)6-7-9-10-3/h7-8H,4-6H2,1-3H3/b9-7+. The molecule has 0 saturated carbocycles. The van der Waals surface area contributed by atoms with Crippen LogP contribution in [0, 0.1) is 5.92 Å². The highest BCUT2D eigenvalue weighted by Gasteiger charge is 1.99. The van der Waals surface area contributed by atoms with E-state index in [-0.39, 0.29) is 0 Å². The van der Waals surface area contributed by atoms with E-state index in [0.717, 1.165) is 12.3 Å². The van der Waals surface area contributed by atoms with Crippen LogP contribution in [-0.2, 0) is 4.84 Å². The monoisotopic (exact) mass is 143 g/mol. The molecule has 0 amide bonds. The highest BCUT2D eigenvalue weighted by molar-refractivity contribution is 5.56. The van der Waals surface area contributed by atoms with Crippen molar-refractivity contribution in [3.63, 3.8) is 0 Å². The molecule has 0 aliphatic carbocycles. The summed E-state index contributed by atoms with van der Waals surface area (Å²) in [6.45, 7) is 4.41. The van der Waals surface area contributed by atoms with Crippen molar-refractivity contribution in [3.8, 4) is 0 Å². The summed E-state index contributed by atoms with van der Waals surface area (Å²) in [6, 6.07) is 0. The molecule has 0 radical (unpaired) electrons. The summed E-state index contributed by atoms with van der Waals surface area (Å²) in [5, 5.41) is 3.68. The van der Waals surface area contributed by atoms with Gasteiger partial charge in [0.15, 0.2) is 0 Å². The Balaban J connectivity index is 3.34. The first-order valence-electron chi connectivity index (χ1n) is 3.90. The van der Waals surface area contributed by atoms with Gasteiger partial charge in [0.1, 0.15) is 7.11 Å². The van der Waals surface area contributed by atoms with Crippen LogP contribution in [-0.4, -0.2) is 13.3 Å². The van der Waals surface area contributed by atoms with E-state index in [0.29, 0.717) is 0 Å². The number of nitrogens with zero attached hydrogens (tertiary/aromatic N) is 1. The van der Waals surface area contributed by atoms with E-state index in [9.17, 15) is 0 Å². The molecule has 0 bridgehead atoms. The third-order valence-corrected chi connectivity index (χ3v) is 1.77. The first kappa shape index (κ1) is 9.47. The zero-order valence-electron chi connectivity index (χ0n) is 7.13. The molecule has 0 heterocycles. The van der Waals surface area contributed by atoms with Crippen LogP contribution in [0.1, 0.15) is 33.1 Å². The van der Waals surface area contributed by atoms with Crippen LogP contribution >= 0.6 is 0 Å². The van der Waals surface area contributed by atoms with Gasteiger partial charge in [-0.15, -0.1) is 0 Å². The maximum Gasteiger partial charge on any atom is 0.106 e. The van der Waals surface area contributed by atoms with Crippen LogP contribution in [0.2, 0.25) is 0 Å². The van der Waals surface area contributed by atoms with Gasteiger partial charge in [0.05, 0.1) is 0 Å². The van der Waals surface area contributed by atoms with E-state index in [4.69, 9.17) is 0 Å². The minimum atomic E-state index is 0.777. The first-order chi connectivity index (χ1) is 4.85. The van der Waals surface area contributed by atoms with Crippen LogP contribution in [0.4, 0.5) is 0 Å². The maximum atomic E-state index is 4.55. The molecule has 0 fully saturated rings. The average molecular weight is 143 g/mol. The van der Waals surface area contributed by atoms with Crippen LogP contribution in [0.3, 0.4) is 0 Å². The Morgan fingerprint density at radius 1 is 1.40 bits per heavy atom. The molecular weight excluding hydrogens is 126 g/mol. The zero-order chi connectivity index (χ0) is 7.82. The Labute approximate surface area is 63.3 Å². The van der Waals surface area contributed by atoms with E-state index in [1.54, 1.807) is 7.11 Å². The van der Waals surface area contributed by atoms with Crippen LogP contribution in [0.15, 0.2) is 5.16 Å². The van der Waals surface area contributed by atoms with E-state index < -0.39 is 0 Å². The molecule has 60 valence electrons. The second-order valence-corrected chi connectivity index (χ2v) is 2.39. The summed E-state index contributed by atoms with van der Waals surface area (Å²) >= 11 is 0. The Morgan fingerprint density at radius 3 is 2.40 bits per heavy atom. The van der Waals surface area contributed by atoms with Gasteiger partial charge in [-0.2, -0.15) is 0 Å². The molecular formula is C8H17NO. The number of rotatable bonds is 5. The first-order valence-corrected chi connectivity index (χ1v) is 3.90. The van der Waals surface area contributed by atoms with Crippen molar-refractivity contribution in [3.05, 3.63) is 0 Å². The van der Waals surface area contributed by atoms with Gasteiger partial charge in [0.25, 0.3) is 0 Å². The lowest BCUT2D eigenvalue weighted by Crippen LogP contribution is -1.96. The predicted molar refractivity (Wildman–Crippen MR) is 44.2 cm³/mol. The molecule has 0 rings (SSSR count). The molecule has 0 unspecified atom stereocenters. The molecule has 0 aliphatic rings. The normalized spacial score (nSPS) is 11.2. The van der Waals surface area contributed by atoms with Gasteiger partial charge < -0.3 is 4.84 Å². The summed E-state index contributed by atoms with van der Waals surface area (Å²) in [6.07, 6.45) is 5.34. The molecule has 0 spiro atoms. The molecule has 10 heavy (non-hydrogen) atoms. The van der Waals surface area contributed by atoms with E-state index in [2.05, 4.69) is 23.8 Å². The summed E-state index contributed by atoms with van der Waals surface area (Å²) in [5.74, 6) is 0.777. The van der Waals surface area contributed by atoms with Gasteiger partial charge in [-0.1, -0.05) is 31.8 Å².